The van der Waals surface area contributed by atoms with Crippen molar-refractivity contribution in [3.8, 4) is 0 Å². The van der Waals surface area contributed by atoms with E-state index in [4.69, 9.17) is 0 Å². The molecule has 21 heavy (non-hydrogen) atoms. The molecule has 0 saturated carbocycles. The van der Waals surface area contributed by atoms with Crippen LogP contribution < -0.4 is 5.32 Å². The maximum Gasteiger partial charge on any atom is 0.246 e. The number of hydrogen-bond acceptors (Lipinski definition) is 4. The van der Waals surface area contributed by atoms with E-state index in [1.165, 1.54) is 6.20 Å². The number of aromatic nitrogens is 1. The molecule has 0 aliphatic heterocycles. The first-order valence-electron chi connectivity index (χ1n) is 7.68. The highest BCUT2D eigenvalue weighted by molar-refractivity contribution is 7.89. The lowest BCUT2D eigenvalue weighted by Crippen LogP contribution is -2.39. The van der Waals surface area contributed by atoms with Crippen LogP contribution in [0.4, 0.5) is 5.69 Å². The number of sulfonamides is 1. The maximum absolute atomic E-state index is 13.0. The van der Waals surface area contributed by atoms with Gasteiger partial charge in [-0.2, -0.15) is 4.31 Å². The fourth-order valence-corrected chi connectivity index (χ4v) is 4.00. The Morgan fingerprint density at radius 1 is 1.33 bits per heavy atom. The summed E-state index contributed by atoms with van der Waals surface area (Å²) >= 11 is 0. The summed E-state index contributed by atoms with van der Waals surface area (Å²) in [5, 5.41) is 3.10. The minimum absolute atomic E-state index is 0.0174. The van der Waals surface area contributed by atoms with Gasteiger partial charge in [0.25, 0.3) is 0 Å². The third-order valence-corrected chi connectivity index (χ3v) is 5.59. The summed E-state index contributed by atoms with van der Waals surface area (Å²) in [6.45, 7) is 9.19. The van der Waals surface area contributed by atoms with E-state index >= 15 is 0 Å². The number of nitrogens with one attached hydrogen (secondary N) is 1. The van der Waals surface area contributed by atoms with Crippen LogP contribution in [0.3, 0.4) is 0 Å². The van der Waals surface area contributed by atoms with Gasteiger partial charge in [0.05, 0.1) is 5.69 Å². The lowest BCUT2D eigenvalue weighted by atomic mass is 10.2. The quantitative estimate of drug-likeness (QED) is 0.761. The van der Waals surface area contributed by atoms with Crippen molar-refractivity contribution >= 4 is 15.7 Å². The van der Waals surface area contributed by atoms with Gasteiger partial charge in [0, 0.05) is 31.5 Å². The molecular formula is C15H27N3O2S. The molecule has 1 rings (SSSR count). The number of anilines is 1. The average molecular weight is 313 g/mol. The molecule has 1 aromatic heterocycles. The first kappa shape index (κ1) is 17.9. The summed E-state index contributed by atoms with van der Waals surface area (Å²) in [5.74, 6) is 0. The van der Waals surface area contributed by atoms with Crippen LogP contribution in [-0.4, -0.2) is 36.8 Å². The van der Waals surface area contributed by atoms with Crippen LogP contribution in [0.25, 0.3) is 0 Å². The lowest BCUT2D eigenvalue weighted by molar-refractivity contribution is 0.324. The summed E-state index contributed by atoms with van der Waals surface area (Å²) in [6.07, 6.45) is 5.67. The smallest absolute Gasteiger partial charge is 0.246 e. The predicted octanol–water partition coefficient (Wildman–Crippen LogP) is 3.10. The molecule has 0 aliphatic carbocycles. The Balaban J connectivity index is 3.22. The zero-order chi connectivity index (χ0) is 15.9. The summed E-state index contributed by atoms with van der Waals surface area (Å²) in [7, 11) is -3.53. The molecule has 0 amide bonds. The summed E-state index contributed by atoms with van der Waals surface area (Å²) in [5.41, 5.74) is 0.623. The normalized spacial score (nSPS) is 13.4. The van der Waals surface area contributed by atoms with Crippen molar-refractivity contribution in [2.24, 2.45) is 0 Å². The molecule has 120 valence electrons. The minimum atomic E-state index is -3.53. The molecule has 1 N–H and O–H groups in total. The van der Waals surface area contributed by atoms with Crippen LogP contribution in [0.1, 0.15) is 47.0 Å². The molecule has 1 atom stereocenters. The van der Waals surface area contributed by atoms with Gasteiger partial charge in [-0.25, -0.2) is 8.42 Å². The molecule has 0 saturated heterocycles. The molecule has 6 heteroatoms. The largest absolute Gasteiger partial charge is 0.384 e. The lowest BCUT2D eigenvalue weighted by Gasteiger charge is -2.28. The fourth-order valence-electron chi connectivity index (χ4n) is 2.14. The van der Waals surface area contributed by atoms with Crippen LogP contribution >= 0.6 is 0 Å². The van der Waals surface area contributed by atoms with Crippen molar-refractivity contribution in [3.05, 3.63) is 18.5 Å². The fraction of sp³-hybridized carbons (Fsp3) is 0.667. The van der Waals surface area contributed by atoms with Gasteiger partial charge in [-0.3, -0.25) is 4.98 Å². The Morgan fingerprint density at radius 2 is 2.05 bits per heavy atom. The molecule has 0 bridgehead atoms. The van der Waals surface area contributed by atoms with Gasteiger partial charge in [0.1, 0.15) is 4.90 Å². The second kappa shape index (κ2) is 8.34. The van der Waals surface area contributed by atoms with Gasteiger partial charge in [-0.15, -0.1) is 0 Å². The van der Waals surface area contributed by atoms with Crippen molar-refractivity contribution in [1.29, 1.82) is 0 Å². The summed E-state index contributed by atoms with van der Waals surface area (Å²) in [6, 6.07) is 1.70. The van der Waals surface area contributed by atoms with Crippen LogP contribution in [-0.2, 0) is 10.0 Å². The van der Waals surface area contributed by atoms with Gasteiger partial charge in [0.15, 0.2) is 0 Å². The number of unbranched alkanes of at least 4 members (excludes halogenated alkanes) is 1. The van der Waals surface area contributed by atoms with Crippen molar-refractivity contribution in [2.75, 3.05) is 18.4 Å². The third-order valence-electron chi connectivity index (χ3n) is 3.55. The van der Waals surface area contributed by atoms with E-state index < -0.39 is 10.0 Å². The van der Waals surface area contributed by atoms with Gasteiger partial charge in [0.2, 0.25) is 10.0 Å². The van der Waals surface area contributed by atoms with Crippen molar-refractivity contribution in [3.63, 3.8) is 0 Å². The monoisotopic (exact) mass is 313 g/mol. The Bertz CT molecular complexity index is 531. The topological polar surface area (TPSA) is 62.3 Å². The standard InChI is InChI=1S/C15H27N3O2S/c1-5-8-11-18(13(4)6-2)21(19,20)15-12-16-10-9-14(15)17-7-3/h9-10,12-13H,5-8,11H2,1-4H3,(H,16,17). The van der Waals surface area contributed by atoms with E-state index in [1.54, 1.807) is 16.6 Å². The second-order valence-corrected chi connectivity index (χ2v) is 6.99. The molecule has 1 heterocycles. The molecular weight excluding hydrogens is 286 g/mol. The van der Waals surface area contributed by atoms with Crippen molar-refractivity contribution in [2.45, 2.75) is 57.9 Å². The average Bonchev–Trinajstić information content (AvgIpc) is 2.48. The Kier molecular flexibility index (Phi) is 7.11. The van der Waals surface area contributed by atoms with E-state index in [2.05, 4.69) is 17.2 Å². The zero-order valence-corrected chi connectivity index (χ0v) is 14.3. The SMILES string of the molecule is CCCCN(C(C)CC)S(=O)(=O)c1cnccc1NCC. The minimum Gasteiger partial charge on any atom is -0.384 e. The van der Waals surface area contributed by atoms with Crippen molar-refractivity contribution < 1.29 is 8.42 Å². The van der Waals surface area contributed by atoms with E-state index in [0.717, 1.165) is 19.3 Å². The summed E-state index contributed by atoms with van der Waals surface area (Å²) < 4.78 is 27.6. The molecule has 1 unspecified atom stereocenters. The highest BCUT2D eigenvalue weighted by atomic mass is 32.2. The first-order valence-corrected chi connectivity index (χ1v) is 9.12. The molecule has 0 aliphatic rings. The van der Waals surface area contributed by atoms with E-state index in [-0.39, 0.29) is 10.9 Å². The second-order valence-electron chi connectivity index (χ2n) is 5.13. The molecule has 0 aromatic carbocycles. The predicted molar refractivity (Wildman–Crippen MR) is 87.0 cm³/mol. The van der Waals surface area contributed by atoms with E-state index in [1.807, 2.05) is 20.8 Å². The van der Waals surface area contributed by atoms with E-state index in [0.29, 0.717) is 18.8 Å². The Morgan fingerprint density at radius 3 is 2.62 bits per heavy atom. The number of pyridine rings is 1. The zero-order valence-electron chi connectivity index (χ0n) is 13.5. The van der Waals surface area contributed by atoms with Crippen LogP contribution in [0.15, 0.2) is 23.4 Å². The van der Waals surface area contributed by atoms with Gasteiger partial charge in [-0.1, -0.05) is 20.3 Å². The highest BCUT2D eigenvalue weighted by Crippen LogP contribution is 2.26. The highest BCUT2D eigenvalue weighted by Gasteiger charge is 2.30. The van der Waals surface area contributed by atoms with Crippen LogP contribution in [0.5, 0.6) is 0 Å². The van der Waals surface area contributed by atoms with Crippen molar-refractivity contribution in [1.82, 2.24) is 9.29 Å². The number of hydrogen-bond donors (Lipinski definition) is 1. The van der Waals surface area contributed by atoms with Gasteiger partial charge < -0.3 is 5.32 Å². The molecule has 0 spiro atoms. The Hall–Kier alpha value is -1.14. The number of rotatable bonds is 9. The Labute approximate surface area is 128 Å². The maximum atomic E-state index is 13.0. The molecule has 1 aromatic rings. The third kappa shape index (κ3) is 4.41. The van der Waals surface area contributed by atoms with E-state index in [9.17, 15) is 8.42 Å². The van der Waals surface area contributed by atoms with Crippen LogP contribution in [0, 0.1) is 0 Å². The number of nitrogens with zero attached hydrogens (tertiary/aromatic N) is 2. The molecule has 0 radical (unpaired) electrons. The molecule has 0 fully saturated rings. The van der Waals surface area contributed by atoms with Gasteiger partial charge >= 0.3 is 0 Å². The van der Waals surface area contributed by atoms with Gasteiger partial charge in [-0.05, 0) is 32.8 Å². The summed E-state index contributed by atoms with van der Waals surface area (Å²) in [4.78, 5) is 4.26. The molecule has 5 nitrogen and oxygen atoms in total. The van der Waals surface area contributed by atoms with Crippen LogP contribution in [0.2, 0.25) is 0 Å². The first-order chi connectivity index (χ1) is 9.98.